The van der Waals surface area contributed by atoms with Gasteiger partial charge in [0.2, 0.25) is 0 Å². The fraction of sp³-hybridized carbons (Fsp3) is 0.444. The van der Waals surface area contributed by atoms with Crippen molar-refractivity contribution < 1.29 is 0 Å². The summed E-state index contributed by atoms with van der Waals surface area (Å²) in [6.45, 7) is 2.26. The van der Waals surface area contributed by atoms with E-state index in [1.807, 2.05) is 11.8 Å². The predicted octanol–water partition coefficient (Wildman–Crippen LogP) is 5.50. The number of hydrogen-bond acceptors (Lipinski definition) is 1. The lowest BCUT2D eigenvalue weighted by Crippen LogP contribution is -2.03. The van der Waals surface area contributed by atoms with Crippen molar-refractivity contribution in [3.05, 3.63) is 36.4 Å². The van der Waals surface area contributed by atoms with Crippen LogP contribution in [-0.2, 0) is 10.9 Å². The normalized spacial score (nSPS) is 16.1. The molecule has 1 heterocycles. The van der Waals surface area contributed by atoms with Gasteiger partial charge < -0.3 is 0 Å². The van der Waals surface area contributed by atoms with Gasteiger partial charge >= 0.3 is 0 Å². The third-order valence-corrected chi connectivity index (χ3v) is 7.48. The largest absolute Gasteiger partial charge is 0.155 e. The summed E-state index contributed by atoms with van der Waals surface area (Å²) in [6.07, 6.45) is 5.44. The molecule has 20 heavy (non-hydrogen) atoms. The van der Waals surface area contributed by atoms with Crippen LogP contribution >= 0.6 is 11.8 Å². The van der Waals surface area contributed by atoms with E-state index in [9.17, 15) is 0 Å². The highest BCUT2D eigenvalue weighted by atomic mass is 32.2. The third kappa shape index (κ3) is 3.35. The van der Waals surface area contributed by atoms with E-state index in [1.54, 1.807) is 4.90 Å². The van der Waals surface area contributed by atoms with E-state index in [-0.39, 0.29) is 0 Å². The van der Waals surface area contributed by atoms with Crippen molar-refractivity contribution in [3.8, 4) is 0 Å². The summed E-state index contributed by atoms with van der Waals surface area (Å²) in [4.78, 5) is 3.00. The zero-order valence-corrected chi connectivity index (χ0v) is 13.9. The monoisotopic (exact) mass is 303 g/mol. The Morgan fingerprint density at radius 2 is 1.75 bits per heavy atom. The van der Waals surface area contributed by atoms with Gasteiger partial charge in [0.25, 0.3) is 0 Å². The Bertz CT molecular complexity index is 571. The minimum atomic E-state index is 0.537. The average Bonchev–Trinajstić information content (AvgIpc) is 3.01. The smallest absolute Gasteiger partial charge is 0.126 e. The van der Waals surface area contributed by atoms with Crippen LogP contribution < -0.4 is 0 Å². The molecule has 3 rings (SSSR count). The number of fused-ring (bicyclic) bond motifs is 1. The minimum absolute atomic E-state index is 0.537. The van der Waals surface area contributed by atoms with Crippen molar-refractivity contribution in [2.45, 2.75) is 42.4 Å². The van der Waals surface area contributed by atoms with Crippen LogP contribution in [0, 0.1) is 0 Å². The summed E-state index contributed by atoms with van der Waals surface area (Å²) < 4.78 is 0. The quantitative estimate of drug-likeness (QED) is 0.399. The number of thioether (sulfide) groups is 1. The summed E-state index contributed by atoms with van der Waals surface area (Å²) in [6, 6.07) is 14.1. The van der Waals surface area contributed by atoms with E-state index in [4.69, 9.17) is 0 Å². The SMILES string of the molecule is CCCCSc1ccc2cc([S+]3CCCC3)ccc2c1. The van der Waals surface area contributed by atoms with E-state index in [0.717, 1.165) is 0 Å². The molecule has 0 unspecified atom stereocenters. The second-order valence-electron chi connectivity index (χ2n) is 5.48. The van der Waals surface area contributed by atoms with Crippen molar-refractivity contribution in [2.24, 2.45) is 0 Å². The first kappa shape index (κ1) is 14.3. The maximum Gasteiger partial charge on any atom is 0.155 e. The van der Waals surface area contributed by atoms with E-state index in [2.05, 4.69) is 43.3 Å². The highest BCUT2D eigenvalue weighted by Gasteiger charge is 2.26. The van der Waals surface area contributed by atoms with Gasteiger partial charge in [0.15, 0.2) is 4.90 Å². The van der Waals surface area contributed by atoms with Crippen molar-refractivity contribution >= 4 is 33.4 Å². The van der Waals surface area contributed by atoms with Crippen LogP contribution in [-0.4, -0.2) is 17.3 Å². The third-order valence-electron chi connectivity index (χ3n) is 3.91. The maximum atomic E-state index is 2.43. The van der Waals surface area contributed by atoms with Gasteiger partial charge in [0.1, 0.15) is 11.5 Å². The number of rotatable bonds is 5. The Kier molecular flexibility index (Phi) is 4.95. The first-order valence-electron chi connectivity index (χ1n) is 7.71. The molecular weight excluding hydrogens is 280 g/mol. The Hall–Kier alpha value is -0.600. The second kappa shape index (κ2) is 6.91. The highest BCUT2D eigenvalue weighted by Crippen LogP contribution is 2.29. The first-order valence-corrected chi connectivity index (χ1v) is 10.3. The Balaban J connectivity index is 1.79. The minimum Gasteiger partial charge on any atom is -0.126 e. The zero-order valence-electron chi connectivity index (χ0n) is 12.2. The van der Waals surface area contributed by atoms with Crippen LogP contribution in [0.15, 0.2) is 46.2 Å². The molecule has 106 valence electrons. The molecule has 0 bridgehead atoms. The fourth-order valence-corrected chi connectivity index (χ4v) is 6.07. The summed E-state index contributed by atoms with van der Waals surface area (Å²) in [5.41, 5.74) is 0. The summed E-state index contributed by atoms with van der Waals surface area (Å²) >= 11 is 1.99. The predicted molar refractivity (Wildman–Crippen MR) is 94.2 cm³/mol. The molecule has 1 aliphatic rings. The van der Waals surface area contributed by atoms with Gasteiger partial charge in [-0.3, -0.25) is 0 Å². The van der Waals surface area contributed by atoms with Crippen molar-refractivity contribution in [1.82, 2.24) is 0 Å². The van der Waals surface area contributed by atoms with Crippen LogP contribution in [0.4, 0.5) is 0 Å². The summed E-state index contributed by atoms with van der Waals surface area (Å²) in [5.74, 6) is 4.07. The van der Waals surface area contributed by atoms with E-state index in [0.29, 0.717) is 10.9 Å². The van der Waals surface area contributed by atoms with Gasteiger partial charge in [-0.15, -0.1) is 11.8 Å². The van der Waals surface area contributed by atoms with E-state index in [1.165, 1.54) is 58.6 Å². The molecule has 0 N–H and O–H groups in total. The molecule has 0 radical (unpaired) electrons. The highest BCUT2D eigenvalue weighted by molar-refractivity contribution is 7.99. The molecule has 2 heteroatoms. The van der Waals surface area contributed by atoms with Crippen LogP contribution in [0.1, 0.15) is 32.6 Å². The fourth-order valence-electron chi connectivity index (χ4n) is 2.70. The Morgan fingerprint density at radius 1 is 1.00 bits per heavy atom. The lowest BCUT2D eigenvalue weighted by atomic mass is 10.1. The van der Waals surface area contributed by atoms with Gasteiger partial charge in [-0.1, -0.05) is 19.4 Å². The van der Waals surface area contributed by atoms with Gasteiger partial charge in [-0.05, 0) is 60.1 Å². The zero-order chi connectivity index (χ0) is 13.8. The molecule has 0 amide bonds. The van der Waals surface area contributed by atoms with Crippen molar-refractivity contribution in [3.63, 3.8) is 0 Å². The van der Waals surface area contributed by atoms with Gasteiger partial charge in [-0.2, -0.15) is 0 Å². The molecule has 0 saturated carbocycles. The summed E-state index contributed by atoms with van der Waals surface area (Å²) in [5, 5.41) is 2.82. The molecule has 2 aromatic rings. The molecule has 1 fully saturated rings. The van der Waals surface area contributed by atoms with Gasteiger partial charge in [0, 0.05) is 21.9 Å². The van der Waals surface area contributed by atoms with Crippen molar-refractivity contribution in [2.75, 3.05) is 17.3 Å². The lowest BCUT2D eigenvalue weighted by Gasteiger charge is -2.05. The van der Waals surface area contributed by atoms with Gasteiger partial charge in [0.05, 0.1) is 0 Å². The molecular formula is C18H23S2+. The van der Waals surface area contributed by atoms with Crippen LogP contribution in [0.3, 0.4) is 0 Å². The molecule has 1 aliphatic heterocycles. The Labute approximate surface area is 129 Å². The number of benzene rings is 2. The maximum absolute atomic E-state index is 2.43. The molecule has 0 nitrogen and oxygen atoms in total. The van der Waals surface area contributed by atoms with Crippen LogP contribution in [0.2, 0.25) is 0 Å². The topological polar surface area (TPSA) is 0 Å². The molecule has 0 atom stereocenters. The molecule has 1 saturated heterocycles. The molecule has 0 aliphatic carbocycles. The van der Waals surface area contributed by atoms with E-state index >= 15 is 0 Å². The van der Waals surface area contributed by atoms with E-state index < -0.39 is 0 Å². The molecule has 2 aromatic carbocycles. The molecule has 0 aromatic heterocycles. The van der Waals surface area contributed by atoms with Gasteiger partial charge in [-0.25, -0.2) is 0 Å². The lowest BCUT2D eigenvalue weighted by molar-refractivity contribution is 0.896. The Morgan fingerprint density at radius 3 is 2.55 bits per heavy atom. The second-order valence-corrected chi connectivity index (χ2v) is 8.92. The average molecular weight is 304 g/mol. The number of hydrogen-bond donors (Lipinski definition) is 0. The van der Waals surface area contributed by atoms with Crippen molar-refractivity contribution in [1.29, 1.82) is 0 Å². The number of unbranched alkanes of at least 4 members (excludes halogenated alkanes) is 1. The standard InChI is InChI=1S/C18H23S2/c1-2-3-10-19-17-8-6-16-14-18(9-7-15(16)13-17)20-11-4-5-12-20/h6-9,13-14H,2-5,10-12H2,1H3/q+1. The first-order chi connectivity index (χ1) is 9.86. The van der Waals surface area contributed by atoms with Crippen LogP contribution in [0.25, 0.3) is 10.8 Å². The summed E-state index contributed by atoms with van der Waals surface area (Å²) in [7, 11) is 0.537. The molecule has 0 spiro atoms. The van der Waals surface area contributed by atoms with Crippen LogP contribution in [0.5, 0.6) is 0 Å².